The van der Waals surface area contributed by atoms with E-state index in [2.05, 4.69) is 0 Å². The summed E-state index contributed by atoms with van der Waals surface area (Å²) in [7, 11) is 3.43. The first-order valence-electron chi connectivity index (χ1n) is 4.99. The number of hydrogen-bond donors (Lipinski definition) is 1. The Hall–Kier alpha value is -0.320. The molecule has 0 aromatic carbocycles. The number of methoxy groups -OCH3 is 1. The van der Waals surface area contributed by atoms with E-state index in [1.165, 1.54) is 0 Å². The summed E-state index contributed by atoms with van der Waals surface area (Å²) in [5.74, 6) is 0.131. The van der Waals surface area contributed by atoms with E-state index < -0.39 is 0 Å². The van der Waals surface area contributed by atoms with Crippen LogP contribution in [0, 0.1) is 0 Å². The number of ether oxygens (including phenoxy) is 1. The van der Waals surface area contributed by atoms with Crippen molar-refractivity contribution in [3.63, 3.8) is 0 Å². The molecule has 1 amide bonds. The van der Waals surface area contributed by atoms with Crippen molar-refractivity contribution in [1.82, 2.24) is 4.90 Å². The van der Waals surface area contributed by atoms with Crippen LogP contribution in [0.2, 0.25) is 0 Å². The molecule has 0 fully saturated rings. The van der Waals surface area contributed by atoms with Crippen molar-refractivity contribution in [2.45, 2.75) is 38.8 Å². The molecular formula is C10H23ClN2O2. The van der Waals surface area contributed by atoms with Gasteiger partial charge in [0.2, 0.25) is 5.91 Å². The maximum absolute atomic E-state index is 11.6. The quantitative estimate of drug-likeness (QED) is 0.752. The fourth-order valence-corrected chi connectivity index (χ4v) is 1.13. The molecule has 0 saturated heterocycles. The van der Waals surface area contributed by atoms with E-state index in [1.54, 1.807) is 19.1 Å². The zero-order chi connectivity index (χ0) is 11.1. The SMILES string of the molecule is COCC(C)N(C)C(=O)CCC(C)N.Cl. The normalized spacial score (nSPS) is 13.9. The summed E-state index contributed by atoms with van der Waals surface area (Å²) >= 11 is 0. The minimum atomic E-state index is 0. The molecule has 0 aliphatic carbocycles. The highest BCUT2D eigenvalue weighted by molar-refractivity contribution is 5.85. The van der Waals surface area contributed by atoms with E-state index in [9.17, 15) is 4.79 Å². The lowest BCUT2D eigenvalue weighted by molar-refractivity contribution is -0.132. The van der Waals surface area contributed by atoms with Crippen molar-refractivity contribution in [3.05, 3.63) is 0 Å². The van der Waals surface area contributed by atoms with E-state index in [-0.39, 0.29) is 30.4 Å². The van der Waals surface area contributed by atoms with Gasteiger partial charge < -0.3 is 15.4 Å². The van der Waals surface area contributed by atoms with Gasteiger partial charge in [-0.15, -0.1) is 12.4 Å². The van der Waals surface area contributed by atoms with Crippen molar-refractivity contribution in [3.8, 4) is 0 Å². The summed E-state index contributed by atoms with van der Waals surface area (Å²) in [6.45, 7) is 4.44. The van der Waals surface area contributed by atoms with E-state index in [0.29, 0.717) is 13.0 Å². The molecule has 4 nitrogen and oxygen atoms in total. The number of halogens is 1. The molecule has 0 spiro atoms. The molecule has 0 aromatic rings. The van der Waals surface area contributed by atoms with Crippen LogP contribution in [0.1, 0.15) is 26.7 Å². The Morgan fingerprint density at radius 3 is 2.40 bits per heavy atom. The van der Waals surface area contributed by atoms with Crippen molar-refractivity contribution >= 4 is 18.3 Å². The molecule has 2 atom stereocenters. The Bertz CT molecular complexity index is 177. The zero-order valence-electron chi connectivity index (χ0n) is 10.0. The fraction of sp³-hybridized carbons (Fsp3) is 0.900. The van der Waals surface area contributed by atoms with Crippen LogP contribution in [-0.4, -0.2) is 43.7 Å². The summed E-state index contributed by atoms with van der Waals surface area (Å²) in [5, 5.41) is 0. The van der Waals surface area contributed by atoms with Crippen molar-refractivity contribution in [1.29, 1.82) is 0 Å². The molecule has 0 saturated carbocycles. The lowest BCUT2D eigenvalue weighted by Gasteiger charge is -2.24. The number of amides is 1. The number of nitrogens with two attached hydrogens (primary N) is 1. The van der Waals surface area contributed by atoms with Crippen LogP contribution in [0.3, 0.4) is 0 Å². The Kier molecular flexibility index (Phi) is 10.2. The van der Waals surface area contributed by atoms with Gasteiger partial charge in [0.15, 0.2) is 0 Å². The summed E-state index contributed by atoms with van der Waals surface area (Å²) in [6, 6.07) is 0.214. The average molecular weight is 239 g/mol. The standard InChI is InChI=1S/C10H22N2O2.ClH/c1-8(11)5-6-10(13)12(3)9(2)7-14-4;/h8-9H,5-7,11H2,1-4H3;1H. The predicted molar refractivity (Wildman–Crippen MR) is 64.2 cm³/mol. The number of carbonyl (C=O) groups excluding carboxylic acids is 1. The van der Waals surface area contributed by atoms with Gasteiger partial charge in [0.1, 0.15) is 0 Å². The molecule has 92 valence electrons. The molecular weight excluding hydrogens is 216 g/mol. The molecule has 5 heteroatoms. The first kappa shape index (κ1) is 17.1. The van der Waals surface area contributed by atoms with Crippen molar-refractivity contribution in [2.75, 3.05) is 20.8 Å². The van der Waals surface area contributed by atoms with Crippen LogP contribution in [0.5, 0.6) is 0 Å². The minimum absolute atomic E-state index is 0. The van der Waals surface area contributed by atoms with Gasteiger partial charge in [0.05, 0.1) is 12.6 Å². The second-order valence-electron chi connectivity index (χ2n) is 3.82. The van der Waals surface area contributed by atoms with Gasteiger partial charge in [-0.2, -0.15) is 0 Å². The zero-order valence-corrected chi connectivity index (χ0v) is 10.8. The molecule has 0 aliphatic heterocycles. The van der Waals surface area contributed by atoms with Crippen LogP contribution in [-0.2, 0) is 9.53 Å². The first-order chi connectivity index (χ1) is 6.49. The van der Waals surface area contributed by atoms with Gasteiger partial charge in [-0.3, -0.25) is 4.79 Å². The monoisotopic (exact) mass is 238 g/mol. The lowest BCUT2D eigenvalue weighted by atomic mass is 10.1. The minimum Gasteiger partial charge on any atom is -0.383 e. The number of hydrogen-bond acceptors (Lipinski definition) is 3. The molecule has 0 rings (SSSR count). The Labute approximate surface area is 98.6 Å². The largest absolute Gasteiger partial charge is 0.383 e. The summed E-state index contributed by atoms with van der Waals surface area (Å²) in [6.07, 6.45) is 1.26. The number of rotatable bonds is 6. The van der Waals surface area contributed by atoms with Crippen LogP contribution >= 0.6 is 12.4 Å². The molecule has 0 bridgehead atoms. The first-order valence-corrected chi connectivity index (χ1v) is 4.99. The fourth-order valence-electron chi connectivity index (χ4n) is 1.13. The Morgan fingerprint density at radius 2 is 2.00 bits per heavy atom. The highest BCUT2D eigenvalue weighted by Crippen LogP contribution is 2.02. The second kappa shape index (κ2) is 8.95. The predicted octanol–water partition coefficient (Wildman–Crippen LogP) is 1.03. The van der Waals surface area contributed by atoms with E-state index >= 15 is 0 Å². The number of carbonyl (C=O) groups is 1. The summed E-state index contributed by atoms with van der Waals surface area (Å²) in [4.78, 5) is 13.3. The van der Waals surface area contributed by atoms with Crippen LogP contribution in [0.4, 0.5) is 0 Å². The average Bonchev–Trinajstić information content (AvgIpc) is 2.13. The van der Waals surface area contributed by atoms with Crippen LogP contribution < -0.4 is 5.73 Å². The van der Waals surface area contributed by atoms with Gasteiger partial charge in [-0.05, 0) is 20.3 Å². The highest BCUT2D eigenvalue weighted by atomic mass is 35.5. The van der Waals surface area contributed by atoms with Crippen molar-refractivity contribution in [2.24, 2.45) is 5.73 Å². The second-order valence-corrected chi connectivity index (χ2v) is 3.82. The molecule has 0 aliphatic rings. The van der Waals surface area contributed by atoms with Crippen molar-refractivity contribution < 1.29 is 9.53 Å². The molecule has 2 N–H and O–H groups in total. The van der Waals surface area contributed by atoms with Gasteiger partial charge in [0, 0.05) is 26.6 Å². The molecule has 0 radical (unpaired) electrons. The third-order valence-electron chi connectivity index (χ3n) is 2.28. The van der Waals surface area contributed by atoms with E-state index in [4.69, 9.17) is 10.5 Å². The molecule has 2 unspecified atom stereocenters. The maximum Gasteiger partial charge on any atom is 0.222 e. The topological polar surface area (TPSA) is 55.6 Å². The van der Waals surface area contributed by atoms with Gasteiger partial charge >= 0.3 is 0 Å². The van der Waals surface area contributed by atoms with Gasteiger partial charge in [0.25, 0.3) is 0 Å². The molecule has 15 heavy (non-hydrogen) atoms. The third-order valence-corrected chi connectivity index (χ3v) is 2.28. The van der Waals surface area contributed by atoms with Crippen LogP contribution in [0.25, 0.3) is 0 Å². The third kappa shape index (κ3) is 7.59. The molecule has 0 heterocycles. The number of likely N-dealkylation sites (N-methyl/N-ethyl adjacent to an activating group) is 1. The van der Waals surface area contributed by atoms with E-state index in [1.807, 2.05) is 13.8 Å². The highest BCUT2D eigenvalue weighted by Gasteiger charge is 2.15. The maximum atomic E-state index is 11.6. The van der Waals surface area contributed by atoms with Gasteiger partial charge in [-0.25, -0.2) is 0 Å². The Balaban J connectivity index is 0. The van der Waals surface area contributed by atoms with Gasteiger partial charge in [-0.1, -0.05) is 0 Å². The molecule has 0 aromatic heterocycles. The summed E-state index contributed by atoms with van der Waals surface area (Å²) < 4.78 is 4.98. The Morgan fingerprint density at radius 1 is 1.47 bits per heavy atom. The van der Waals surface area contributed by atoms with E-state index in [0.717, 1.165) is 6.42 Å². The summed E-state index contributed by atoms with van der Waals surface area (Å²) in [5.41, 5.74) is 5.58. The lowest BCUT2D eigenvalue weighted by Crippen LogP contribution is -2.38. The smallest absolute Gasteiger partial charge is 0.222 e. The van der Waals surface area contributed by atoms with Crippen LogP contribution in [0.15, 0.2) is 0 Å². The number of nitrogens with zero attached hydrogens (tertiary/aromatic N) is 1.